The van der Waals surface area contributed by atoms with Gasteiger partial charge in [0.05, 0.1) is 0 Å². The van der Waals surface area contributed by atoms with E-state index in [0.717, 1.165) is 16.0 Å². The number of aromatic nitrogens is 1. The van der Waals surface area contributed by atoms with Gasteiger partial charge in [-0.05, 0) is 42.3 Å². The van der Waals surface area contributed by atoms with Crippen molar-refractivity contribution >= 4 is 45.6 Å². The van der Waals surface area contributed by atoms with E-state index in [-0.39, 0.29) is 12.5 Å². The number of hydrogen-bond acceptors (Lipinski definition) is 4. The summed E-state index contributed by atoms with van der Waals surface area (Å²) in [6, 6.07) is 13.0. The van der Waals surface area contributed by atoms with Gasteiger partial charge in [0.1, 0.15) is 5.75 Å². The second-order valence-electron chi connectivity index (χ2n) is 5.70. The van der Waals surface area contributed by atoms with Crippen molar-refractivity contribution in [1.29, 1.82) is 0 Å². The average Bonchev–Trinajstić information content (AvgIpc) is 3.03. The molecule has 0 aliphatic rings. The van der Waals surface area contributed by atoms with Crippen LogP contribution in [0.1, 0.15) is 16.0 Å². The van der Waals surface area contributed by atoms with Crippen molar-refractivity contribution in [3.63, 3.8) is 0 Å². The van der Waals surface area contributed by atoms with Crippen LogP contribution >= 0.6 is 34.5 Å². The standard InChI is InChI=1S/C19H16Cl2N2O2S/c1-12-3-2-4-15(7-12)25-11-18(24)23-19-22-10-16(26-19)8-13-5-6-14(20)9-17(13)21/h2-7,9-10H,8,11H2,1H3,(H,22,23,24). The summed E-state index contributed by atoms with van der Waals surface area (Å²) in [5.41, 5.74) is 2.04. The number of carbonyl (C=O) groups excluding carboxylic acids is 1. The quantitative estimate of drug-likeness (QED) is 0.598. The summed E-state index contributed by atoms with van der Waals surface area (Å²) >= 11 is 13.5. The lowest BCUT2D eigenvalue weighted by Crippen LogP contribution is -2.19. The Bertz CT molecular complexity index is 927. The molecular weight excluding hydrogens is 391 g/mol. The Balaban J connectivity index is 1.55. The Labute approximate surface area is 165 Å². The van der Waals surface area contributed by atoms with Crippen molar-refractivity contribution in [2.24, 2.45) is 0 Å². The minimum absolute atomic E-state index is 0.0681. The second kappa shape index (κ2) is 8.54. The lowest BCUT2D eigenvalue weighted by molar-refractivity contribution is -0.118. The summed E-state index contributed by atoms with van der Waals surface area (Å²) in [5.74, 6) is 0.411. The molecule has 1 N–H and O–H groups in total. The van der Waals surface area contributed by atoms with Crippen LogP contribution < -0.4 is 10.1 Å². The Morgan fingerprint density at radius 1 is 1.23 bits per heavy atom. The van der Waals surface area contributed by atoms with E-state index in [4.69, 9.17) is 27.9 Å². The lowest BCUT2D eigenvalue weighted by Gasteiger charge is -2.06. The van der Waals surface area contributed by atoms with E-state index in [2.05, 4.69) is 10.3 Å². The highest BCUT2D eigenvalue weighted by molar-refractivity contribution is 7.15. The van der Waals surface area contributed by atoms with Crippen LogP contribution in [-0.4, -0.2) is 17.5 Å². The van der Waals surface area contributed by atoms with Crippen LogP contribution in [0.15, 0.2) is 48.7 Å². The van der Waals surface area contributed by atoms with Crippen molar-refractivity contribution in [2.45, 2.75) is 13.3 Å². The molecule has 0 saturated heterocycles. The maximum atomic E-state index is 12.0. The van der Waals surface area contributed by atoms with Gasteiger partial charge >= 0.3 is 0 Å². The number of hydrogen-bond donors (Lipinski definition) is 1. The molecule has 0 bridgehead atoms. The molecule has 0 spiro atoms. The van der Waals surface area contributed by atoms with E-state index in [1.807, 2.05) is 37.3 Å². The van der Waals surface area contributed by atoms with E-state index >= 15 is 0 Å². The Morgan fingerprint density at radius 3 is 2.85 bits per heavy atom. The summed E-state index contributed by atoms with van der Waals surface area (Å²) in [4.78, 5) is 17.2. The molecule has 134 valence electrons. The molecule has 0 aliphatic heterocycles. The van der Waals surface area contributed by atoms with Crippen LogP contribution in [0.4, 0.5) is 5.13 Å². The Hall–Kier alpha value is -2.08. The second-order valence-corrected chi connectivity index (χ2v) is 7.66. The highest BCUT2D eigenvalue weighted by Gasteiger charge is 2.10. The highest BCUT2D eigenvalue weighted by Crippen LogP contribution is 2.26. The monoisotopic (exact) mass is 406 g/mol. The SMILES string of the molecule is Cc1cccc(OCC(=O)Nc2ncc(Cc3ccc(Cl)cc3Cl)s2)c1. The molecule has 7 heteroatoms. The van der Waals surface area contributed by atoms with Gasteiger partial charge in [0.25, 0.3) is 5.91 Å². The molecule has 1 amide bonds. The van der Waals surface area contributed by atoms with Gasteiger partial charge in [-0.2, -0.15) is 0 Å². The van der Waals surface area contributed by atoms with Crippen LogP contribution in [0, 0.1) is 6.92 Å². The number of benzene rings is 2. The number of nitrogens with zero attached hydrogens (tertiary/aromatic N) is 1. The molecule has 3 aromatic rings. The molecule has 0 atom stereocenters. The smallest absolute Gasteiger partial charge is 0.264 e. The van der Waals surface area contributed by atoms with Gasteiger partial charge < -0.3 is 4.74 Å². The van der Waals surface area contributed by atoms with Crippen molar-refractivity contribution in [1.82, 2.24) is 4.98 Å². The van der Waals surface area contributed by atoms with Crippen LogP contribution in [0.5, 0.6) is 5.75 Å². The number of thiazole rings is 1. The minimum Gasteiger partial charge on any atom is -0.484 e. The maximum Gasteiger partial charge on any atom is 0.264 e. The maximum absolute atomic E-state index is 12.0. The molecule has 0 saturated carbocycles. The minimum atomic E-state index is -0.253. The molecular formula is C19H16Cl2N2O2S. The topological polar surface area (TPSA) is 51.2 Å². The van der Waals surface area contributed by atoms with Gasteiger partial charge in [-0.1, -0.05) is 41.4 Å². The van der Waals surface area contributed by atoms with E-state index in [1.54, 1.807) is 18.3 Å². The molecule has 0 radical (unpaired) electrons. The first-order valence-corrected chi connectivity index (χ1v) is 9.45. The summed E-state index contributed by atoms with van der Waals surface area (Å²) < 4.78 is 5.49. The van der Waals surface area contributed by atoms with Gasteiger partial charge in [-0.15, -0.1) is 11.3 Å². The number of ether oxygens (including phenoxy) is 1. The van der Waals surface area contributed by atoms with E-state index in [9.17, 15) is 4.79 Å². The lowest BCUT2D eigenvalue weighted by atomic mass is 10.1. The van der Waals surface area contributed by atoms with Crippen molar-refractivity contribution < 1.29 is 9.53 Å². The normalized spacial score (nSPS) is 10.6. The Kier molecular flexibility index (Phi) is 6.14. The fraction of sp³-hybridized carbons (Fsp3) is 0.158. The van der Waals surface area contributed by atoms with E-state index in [0.29, 0.717) is 27.3 Å². The van der Waals surface area contributed by atoms with Gasteiger partial charge in [0, 0.05) is 27.5 Å². The number of halogens is 2. The molecule has 0 unspecified atom stereocenters. The van der Waals surface area contributed by atoms with Gasteiger partial charge in [0.15, 0.2) is 11.7 Å². The molecule has 0 fully saturated rings. The molecule has 1 heterocycles. The van der Waals surface area contributed by atoms with Crippen molar-refractivity contribution in [2.75, 3.05) is 11.9 Å². The summed E-state index contributed by atoms with van der Waals surface area (Å²) in [7, 11) is 0. The first-order valence-electron chi connectivity index (χ1n) is 7.87. The molecule has 0 aliphatic carbocycles. The fourth-order valence-electron chi connectivity index (χ4n) is 2.31. The molecule has 26 heavy (non-hydrogen) atoms. The first-order chi connectivity index (χ1) is 12.5. The van der Waals surface area contributed by atoms with Crippen molar-refractivity contribution in [3.05, 3.63) is 74.7 Å². The molecule has 4 nitrogen and oxygen atoms in total. The Morgan fingerprint density at radius 2 is 2.08 bits per heavy atom. The van der Waals surface area contributed by atoms with Gasteiger partial charge in [0.2, 0.25) is 0 Å². The summed E-state index contributed by atoms with van der Waals surface area (Å²) in [6.07, 6.45) is 2.36. The number of nitrogens with one attached hydrogen (secondary N) is 1. The zero-order chi connectivity index (χ0) is 18.5. The zero-order valence-corrected chi connectivity index (χ0v) is 16.3. The zero-order valence-electron chi connectivity index (χ0n) is 14.0. The number of anilines is 1. The van der Waals surface area contributed by atoms with Gasteiger partial charge in [-0.25, -0.2) is 4.98 Å². The predicted octanol–water partition coefficient (Wildman–Crippen LogP) is 5.37. The molecule has 1 aromatic heterocycles. The third kappa shape index (κ3) is 5.21. The first kappa shape index (κ1) is 18.7. The third-order valence-corrected chi connectivity index (χ3v) is 5.04. The number of aryl methyl sites for hydroxylation is 1. The van der Waals surface area contributed by atoms with Crippen LogP contribution in [0.2, 0.25) is 10.0 Å². The fourth-order valence-corrected chi connectivity index (χ4v) is 3.64. The highest BCUT2D eigenvalue weighted by atomic mass is 35.5. The van der Waals surface area contributed by atoms with Crippen LogP contribution in [-0.2, 0) is 11.2 Å². The molecule has 2 aromatic carbocycles. The number of carbonyl (C=O) groups is 1. The molecule has 3 rings (SSSR count). The largest absolute Gasteiger partial charge is 0.484 e. The van der Waals surface area contributed by atoms with Gasteiger partial charge in [-0.3, -0.25) is 10.1 Å². The van der Waals surface area contributed by atoms with Crippen molar-refractivity contribution in [3.8, 4) is 5.75 Å². The van der Waals surface area contributed by atoms with E-state index < -0.39 is 0 Å². The predicted molar refractivity (Wildman–Crippen MR) is 107 cm³/mol. The van der Waals surface area contributed by atoms with Crippen LogP contribution in [0.25, 0.3) is 0 Å². The third-order valence-electron chi connectivity index (χ3n) is 3.54. The number of amides is 1. The van der Waals surface area contributed by atoms with E-state index in [1.165, 1.54) is 11.3 Å². The van der Waals surface area contributed by atoms with Crippen LogP contribution in [0.3, 0.4) is 0 Å². The summed E-state index contributed by atoms with van der Waals surface area (Å²) in [6.45, 7) is 1.90. The summed E-state index contributed by atoms with van der Waals surface area (Å²) in [5, 5.41) is 4.49. The number of rotatable bonds is 6. The average molecular weight is 407 g/mol.